The summed E-state index contributed by atoms with van der Waals surface area (Å²) in [4.78, 5) is 27.9. The fourth-order valence-corrected chi connectivity index (χ4v) is 3.18. The van der Waals surface area contributed by atoms with Gasteiger partial charge < -0.3 is 14.5 Å². The van der Waals surface area contributed by atoms with Gasteiger partial charge in [-0.05, 0) is 25.8 Å². The summed E-state index contributed by atoms with van der Waals surface area (Å²) in [7, 11) is 1.39. The van der Waals surface area contributed by atoms with Crippen LogP contribution in [-0.2, 0) is 14.3 Å². The molecule has 2 saturated heterocycles. The minimum Gasteiger partial charge on any atom is -0.469 e. The average molecular weight is 268 g/mol. The molecule has 2 aliphatic rings. The standard InChI is InChI=1S/C14H24N2O3/c1-3-6-15-7-4-12(5-8-15)16-10-11(9-13(16)17)14(18)19-2/h11-12H,3-10H2,1-2H3. The van der Waals surface area contributed by atoms with Gasteiger partial charge in [0.05, 0.1) is 13.0 Å². The van der Waals surface area contributed by atoms with E-state index in [1.54, 1.807) is 0 Å². The first-order valence-corrected chi connectivity index (χ1v) is 7.25. The number of nitrogens with zero attached hydrogens (tertiary/aromatic N) is 2. The molecule has 0 N–H and O–H groups in total. The van der Waals surface area contributed by atoms with E-state index in [0.717, 1.165) is 32.5 Å². The topological polar surface area (TPSA) is 49.9 Å². The van der Waals surface area contributed by atoms with Gasteiger partial charge in [-0.1, -0.05) is 6.92 Å². The highest BCUT2D eigenvalue weighted by molar-refractivity contribution is 5.87. The van der Waals surface area contributed by atoms with E-state index in [4.69, 9.17) is 4.74 Å². The predicted molar refractivity (Wildman–Crippen MR) is 71.6 cm³/mol. The highest BCUT2D eigenvalue weighted by Crippen LogP contribution is 2.26. The Morgan fingerprint density at radius 2 is 2.05 bits per heavy atom. The summed E-state index contributed by atoms with van der Waals surface area (Å²) in [5.41, 5.74) is 0. The van der Waals surface area contributed by atoms with Crippen molar-refractivity contribution in [3.8, 4) is 0 Å². The number of hydrogen-bond acceptors (Lipinski definition) is 4. The quantitative estimate of drug-likeness (QED) is 0.710. The molecule has 2 fully saturated rings. The lowest BCUT2D eigenvalue weighted by Crippen LogP contribution is -2.45. The van der Waals surface area contributed by atoms with Gasteiger partial charge in [0, 0.05) is 32.1 Å². The Balaban J connectivity index is 1.86. The van der Waals surface area contributed by atoms with Crippen LogP contribution < -0.4 is 0 Å². The molecule has 1 unspecified atom stereocenters. The van der Waals surface area contributed by atoms with Gasteiger partial charge in [0.15, 0.2) is 0 Å². The fourth-order valence-electron chi connectivity index (χ4n) is 3.18. The summed E-state index contributed by atoms with van der Waals surface area (Å²) in [5.74, 6) is -0.394. The van der Waals surface area contributed by atoms with E-state index in [2.05, 4.69) is 11.8 Å². The molecule has 2 heterocycles. The normalized spacial score (nSPS) is 25.9. The van der Waals surface area contributed by atoms with Gasteiger partial charge in [-0.2, -0.15) is 0 Å². The number of hydrogen-bond donors (Lipinski definition) is 0. The van der Waals surface area contributed by atoms with Crippen LogP contribution in [0.4, 0.5) is 0 Å². The molecule has 5 heteroatoms. The van der Waals surface area contributed by atoms with E-state index in [-0.39, 0.29) is 17.8 Å². The second-order valence-electron chi connectivity index (χ2n) is 5.54. The molecule has 0 radical (unpaired) electrons. The number of carbonyl (C=O) groups excluding carboxylic acids is 2. The maximum Gasteiger partial charge on any atom is 0.310 e. The van der Waals surface area contributed by atoms with E-state index in [0.29, 0.717) is 19.0 Å². The molecule has 1 amide bonds. The number of methoxy groups -OCH3 is 1. The summed E-state index contributed by atoms with van der Waals surface area (Å²) < 4.78 is 4.74. The Morgan fingerprint density at radius 3 is 2.63 bits per heavy atom. The Kier molecular flexibility index (Phi) is 4.80. The number of esters is 1. The van der Waals surface area contributed by atoms with Crippen LogP contribution in [0.25, 0.3) is 0 Å². The van der Waals surface area contributed by atoms with Crippen molar-refractivity contribution in [2.45, 2.75) is 38.6 Å². The van der Waals surface area contributed by atoms with Crippen molar-refractivity contribution in [1.82, 2.24) is 9.80 Å². The minimum atomic E-state index is -0.258. The van der Waals surface area contributed by atoms with Crippen LogP contribution in [0.2, 0.25) is 0 Å². The highest BCUT2D eigenvalue weighted by atomic mass is 16.5. The molecule has 2 rings (SSSR count). The summed E-state index contributed by atoms with van der Waals surface area (Å²) in [6.45, 7) is 6.00. The summed E-state index contributed by atoms with van der Waals surface area (Å²) in [5, 5.41) is 0. The largest absolute Gasteiger partial charge is 0.469 e. The monoisotopic (exact) mass is 268 g/mol. The van der Waals surface area contributed by atoms with E-state index in [1.165, 1.54) is 13.5 Å². The van der Waals surface area contributed by atoms with Crippen molar-refractivity contribution in [2.75, 3.05) is 33.3 Å². The molecule has 19 heavy (non-hydrogen) atoms. The number of rotatable bonds is 4. The average Bonchev–Trinajstić information content (AvgIpc) is 2.81. The third-order valence-corrected chi connectivity index (χ3v) is 4.23. The molecule has 108 valence electrons. The van der Waals surface area contributed by atoms with Gasteiger partial charge >= 0.3 is 5.97 Å². The van der Waals surface area contributed by atoms with Crippen molar-refractivity contribution < 1.29 is 14.3 Å². The Bertz CT molecular complexity index is 338. The van der Waals surface area contributed by atoms with Crippen LogP contribution >= 0.6 is 0 Å². The number of carbonyl (C=O) groups is 2. The van der Waals surface area contributed by atoms with Gasteiger partial charge in [0.1, 0.15) is 0 Å². The molecule has 0 saturated carbocycles. The predicted octanol–water partition coefficient (Wildman–Crippen LogP) is 0.882. The molecule has 0 aromatic carbocycles. The first kappa shape index (κ1) is 14.3. The van der Waals surface area contributed by atoms with E-state index < -0.39 is 0 Å². The van der Waals surface area contributed by atoms with Crippen LogP contribution in [0.15, 0.2) is 0 Å². The van der Waals surface area contributed by atoms with Crippen molar-refractivity contribution in [3.63, 3.8) is 0 Å². The van der Waals surface area contributed by atoms with Crippen LogP contribution in [0, 0.1) is 5.92 Å². The molecule has 0 bridgehead atoms. The Hall–Kier alpha value is -1.10. The van der Waals surface area contributed by atoms with Crippen LogP contribution in [0.5, 0.6) is 0 Å². The van der Waals surface area contributed by atoms with Gasteiger partial charge in [-0.25, -0.2) is 0 Å². The minimum absolute atomic E-state index is 0.115. The first-order valence-electron chi connectivity index (χ1n) is 7.25. The lowest BCUT2D eigenvalue weighted by Gasteiger charge is -2.36. The highest BCUT2D eigenvalue weighted by Gasteiger charge is 2.39. The van der Waals surface area contributed by atoms with Gasteiger partial charge in [-0.15, -0.1) is 0 Å². The van der Waals surface area contributed by atoms with E-state index >= 15 is 0 Å². The number of amides is 1. The maximum absolute atomic E-state index is 12.0. The van der Waals surface area contributed by atoms with Crippen LogP contribution in [-0.4, -0.2) is 61.0 Å². The van der Waals surface area contributed by atoms with Crippen molar-refractivity contribution in [1.29, 1.82) is 0 Å². The van der Waals surface area contributed by atoms with Gasteiger partial charge in [0.25, 0.3) is 0 Å². The third-order valence-electron chi connectivity index (χ3n) is 4.23. The number of piperidine rings is 1. The molecule has 0 spiro atoms. The lowest BCUT2D eigenvalue weighted by molar-refractivity contribution is -0.145. The van der Waals surface area contributed by atoms with Gasteiger partial charge in [0.2, 0.25) is 5.91 Å². The van der Waals surface area contributed by atoms with Crippen LogP contribution in [0.3, 0.4) is 0 Å². The van der Waals surface area contributed by atoms with E-state index in [9.17, 15) is 9.59 Å². The Labute approximate surface area is 114 Å². The zero-order chi connectivity index (χ0) is 13.8. The summed E-state index contributed by atoms with van der Waals surface area (Å²) >= 11 is 0. The molecular weight excluding hydrogens is 244 g/mol. The lowest BCUT2D eigenvalue weighted by atomic mass is 10.0. The SMILES string of the molecule is CCCN1CCC(N2CC(C(=O)OC)CC2=O)CC1. The summed E-state index contributed by atoms with van der Waals surface area (Å²) in [6, 6.07) is 0.315. The molecule has 5 nitrogen and oxygen atoms in total. The smallest absolute Gasteiger partial charge is 0.310 e. The zero-order valence-corrected chi connectivity index (χ0v) is 11.9. The molecule has 2 aliphatic heterocycles. The van der Waals surface area contributed by atoms with E-state index in [1.807, 2.05) is 4.90 Å². The zero-order valence-electron chi connectivity index (χ0n) is 11.9. The van der Waals surface area contributed by atoms with Gasteiger partial charge in [-0.3, -0.25) is 9.59 Å². The third kappa shape index (κ3) is 3.26. The van der Waals surface area contributed by atoms with Crippen molar-refractivity contribution >= 4 is 11.9 Å². The molecule has 0 aliphatic carbocycles. The van der Waals surface area contributed by atoms with Crippen LogP contribution in [0.1, 0.15) is 32.6 Å². The van der Waals surface area contributed by atoms with Crippen molar-refractivity contribution in [3.05, 3.63) is 0 Å². The second kappa shape index (κ2) is 6.37. The number of ether oxygens (including phenoxy) is 1. The fraction of sp³-hybridized carbons (Fsp3) is 0.857. The Morgan fingerprint density at radius 1 is 1.37 bits per heavy atom. The molecular formula is C14H24N2O3. The maximum atomic E-state index is 12.0. The molecule has 1 atom stereocenters. The molecule has 0 aromatic heterocycles. The number of likely N-dealkylation sites (tertiary alicyclic amines) is 2. The molecule has 0 aromatic rings. The summed E-state index contributed by atoms with van der Waals surface area (Å²) in [6.07, 6.45) is 3.55. The van der Waals surface area contributed by atoms with Crippen molar-refractivity contribution in [2.24, 2.45) is 5.92 Å². The first-order chi connectivity index (χ1) is 9.15. The second-order valence-corrected chi connectivity index (χ2v) is 5.54.